The number of aliphatic carboxylic acids is 1. The Morgan fingerprint density at radius 3 is 2.24 bits per heavy atom. The topological polar surface area (TPSA) is 52.6 Å². The molecular formula is C17H34N2O2. The Hall–Kier alpha value is -0.610. The van der Waals surface area contributed by atoms with Gasteiger partial charge >= 0.3 is 5.97 Å². The Labute approximate surface area is 130 Å². The third-order valence-electron chi connectivity index (χ3n) is 5.38. The summed E-state index contributed by atoms with van der Waals surface area (Å²) in [5, 5.41) is 12.4. The number of carboxylic acids is 1. The lowest BCUT2D eigenvalue weighted by atomic mass is 9.75. The maximum absolute atomic E-state index is 11.4. The second-order valence-corrected chi connectivity index (χ2v) is 7.58. The van der Waals surface area contributed by atoms with Gasteiger partial charge in [-0.3, -0.25) is 4.79 Å². The smallest absolute Gasteiger partial charge is 0.323 e. The zero-order valence-electron chi connectivity index (χ0n) is 14.5. The van der Waals surface area contributed by atoms with Crippen molar-refractivity contribution in [1.82, 2.24) is 10.2 Å². The fourth-order valence-corrected chi connectivity index (χ4v) is 3.47. The van der Waals surface area contributed by atoms with E-state index in [1.807, 2.05) is 6.92 Å². The molecule has 1 fully saturated rings. The number of nitrogens with zero attached hydrogens (tertiary/aromatic N) is 1. The van der Waals surface area contributed by atoms with Gasteiger partial charge in [0.25, 0.3) is 0 Å². The fraction of sp³-hybridized carbons (Fsp3) is 0.941. The molecule has 4 nitrogen and oxygen atoms in total. The highest BCUT2D eigenvalue weighted by molar-refractivity contribution is 5.78. The lowest BCUT2D eigenvalue weighted by molar-refractivity contribution is -0.145. The Balaban J connectivity index is 2.36. The molecule has 124 valence electrons. The molecule has 21 heavy (non-hydrogen) atoms. The van der Waals surface area contributed by atoms with Crippen LogP contribution < -0.4 is 5.32 Å². The fourth-order valence-electron chi connectivity index (χ4n) is 3.47. The van der Waals surface area contributed by atoms with E-state index in [0.29, 0.717) is 18.3 Å². The zero-order valence-corrected chi connectivity index (χ0v) is 14.5. The van der Waals surface area contributed by atoms with Gasteiger partial charge in [-0.05, 0) is 70.1 Å². The van der Waals surface area contributed by atoms with Crippen LogP contribution in [0.1, 0.15) is 59.8 Å². The number of hydrogen-bond donors (Lipinski definition) is 2. The molecule has 1 heterocycles. The van der Waals surface area contributed by atoms with Gasteiger partial charge in [0.15, 0.2) is 0 Å². The minimum atomic E-state index is -0.746. The van der Waals surface area contributed by atoms with Crippen LogP contribution in [0.4, 0.5) is 0 Å². The Morgan fingerprint density at radius 2 is 1.86 bits per heavy atom. The van der Waals surface area contributed by atoms with Crippen LogP contribution >= 0.6 is 0 Å². The van der Waals surface area contributed by atoms with E-state index in [-0.39, 0.29) is 0 Å². The van der Waals surface area contributed by atoms with Crippen LogP contribution in [0.5, 0.6) is 0 Å². The third-order valence-corrected chi connectivity index (χ3v) is 5.38. The van der Waals surface area contributed by atoms with Crippen LogP contribution in [0.15, 0.2) is 0 Å². The van der Waals surface area contributed by atoms with Crippen molar-refractivity contribution in [3.63, 3.8) is 0 Å². The maximum Gasteiger partial charge on any atom is 0.323 e. The van der Waals surface area contributed by atoms with Gasteiger partial charge in [0.2, 0.25) is 0 Å². The summed E-state index contributed by atoms with van der Waals surface area (Å²) in [7, 11) is 1.76. The van der Waals surface area contributed by atoms with Gasteiger partial charge in [-0.25, -0.2) is 0 Å². The van der Waals surface area contributed by atoms with Gasteiger partial charge in [-0.15, -0.1) is 0 Å². The molecule has 1 aliphatic heterocycles. The van der Waals surface area contributed by atoms with E-state index in [9.17, 15) is 9.90 Å². The largest absolute Gasteiger partial charge is 0.480 e. The average molecular weight is 298 g/mol. The minimum Gasteiger partial charge on any atom is -0.480 e. The number of rotatable bonds is 7. The summed E-state index contributed by atoms with van der Waals surface area (Å²) < 4.78 is 0. The number of likely N-dealkylation sites (tertiary alicyclic amines) is 1. The first kappa shape index (κ1) is 18.4. The van der Waals surface area contributed by atoms with E-state index in [2.05, 4.69) is 31.0 Å². The summed E-state index contributed by atoms with van der Waals surface area (Å²) in [5.74, 6) is 0.0961. The van der Waals surface area contributed by atoms with E-state index in [1.165, 1.54) is 12.8 Å². The van der Waals surface area contributed by atoms with Crippen LogP contribution in [0.3, 0.4) is 0 Å². The molecule has 0 spiro atoms. The first-order valence-corrected chi connectivity index (χ1v) is 8.40. The van der Waals surface area contributed by atoms with Crippen molar-refractivity contribution in [2.45, 2.75) is 65.3 Å². The molecule has 0 aromatic heterocycles. The molecule has 0 saturated carbocycles. The Bertz CT molecular complexity index is 324. The van der Waals surface area contributed by atoms with Crippen LogP contribution in [0, 0.1) is 11.3 Å². The molecule has 1 aliphatic rings. The van der Waals surface area contributed by atoms with Crippen molar-refractivity contribution in [2.24, 2.45) is 11.3 Å². The Morgan fingerprint density at radius 1 is 1.29 bits per heavy atom. The number of hydrogen-bond acceptors (Lipinski definition) is 3. The van der Waals surface area contributed by atoms with Crippen LogP contribution in [0.25, 0.3) is 0 Å². The van der Waals surface area contributed by atoms with Crippen LogP contribution in [-0.2, 0) is 4.79 Å². The summed E-state index contributed by atoms with van der Waals surface area (Å²) in [6.45, 7) is 12.3. The molecule has 1 atom stereocenters. The average Bonchev–Trinajstić information content (AvgIpc) is 2.43. The van der Waals surface area contributed by atoms with Crippen LogP contribution in [0.2, 0.25) is 0 Å². The standard InChI is InChI=1S/C17H34N2O2/c1-6-17(18-5,15(20)21)10-7-11-19-12-8-14(9-13-19)16(2,3)4/h14,18H,6-13H2,1-5H3,(H,20,21). The van der Waals surface area contributed by atoms with Crippen molar-refractivity contribution in [3.05, 3.63) is 0 Å². The van der Waals surface area contributed by atoms with Crippen molar-refractivity contribution in [3.8, 4) is 0 Å². The highest BCUT2D eigenvalue weighted by atomic mass is 16.4. The molecule has 1 rings (SSSR count). The number of piperidine rings is 1. The molecule has 0 aromatic carbocycles. The number of carbonyl (C=O) groups is 1. The third kappa shape index (κ3) is 4.96. The van der Waals surface area contributed by atoms with Crippen molar-refractivity contribution in [1.29, 1.82) is 0 Å². The van der Waals surface area contributed by atoms with E-state index in [0.717, 1.165) is 32.0 Å². The first-order chi connectivity index (χ1) is 9.75. The molecule has 2 N–H and O–H groups in total. The molecule has 0 radical (unpaired) electrons. The second-order valence-electron chi connectivity index (χ2n) is 7.58. The maximum atomic E-state index is 11.4. The van der Waals surface area contributed by atoms with Crippen LogP contribution in [-0.4, -0.2) is 48.2 Å². The normalized spacial score (nSPS) is 21.2. The predicted octanol–water partition coefficient (Wildman–Crippen LogP) is 2.98. The summed E-state index contributed by atoms with van der Waals surface area (Å²) in [4.78, 5) is 13.9. The molecule has 0 aromatic rings. The Kier molecular flexibility index (Phi) is 6.67. The summed E-state index contributed by atoms with van der Waals surface area (Å²) in [6.07, 6.45) is 4.82. The zero-order chi connectivity index (χ0) is 16.1. The molecule has 1 saturated heterocycles. The summed E-state index contributed by atoms with van der Waals surface area (Å²) in [5.41, 5.74) is -0.331. The number of nitrogens with one attached hydrogen (secondary N) is 1. The van der Waals surface area contributed by atoms with E-state index in [1.54, 1.807) is 7.05 Å². The molecular weight excluding hydrogens is 264 g/mol. The molecule has 0 aliphatic carbocycles. The van der Waals surface area contributed by atoms with Gasteiger partial charge in [-0.1, -0.05) is 27.7 Å². The first-order valence-electron chi connectivity index (χ1n) is 8.40. The predicted molar refractivity (Wildman–Crippen MR) is 87.6 cm³/mol. The van der Waals surface area contributed by atoms with Gasteiger partial charge in [0.05, 0.1) is 0 Å². The van der Waals surface area contributed by atoms with Gasteiger partial charge in [0, 0.05) is 0 Å². The number of likely N-dealkylation sites (N-methyl/N-ethyl adjacent to an activating group) is 1. The van der Waals surface area contributed by atoms with E-state index in [4.69, 9.17) is 0 Å². The van der Waals surface area contributed by atoms with Crippen molar-refractivity contribution in [2.75, 3.05) is 26.7 Å². The summed E-state index contributed by atoms with van der Waals surface area (Å²) >= 11 is 0. The SMILES string of the molecule is CCC(CCCN1CCC(C(C)(C)C)CC1)(NC)C(=O)O. The molecule has 0 bridgehead atoms. The summed E-state index contributed by atoms with van der Waals surface area (Å²) in [6, 6.07) is 0. The molecule has 0 amide bonds. The van der Waals surface area contributed by atoms with Gasteiger partial charge in [-0.2, -0.15) is 0 Å². The molecule has 4 heteroatoms. The highest BCUT2D eigenvalue weighted by Gasteiger charge is 2.34. The number of carboxylic acid groups (broad SMARTS) is 1. The van der Waals surface area contributed by atoms with E-state index < -0.39 is 11.5 Å². The van der Waals surface area contributed by atoms with Gasteiger partial charge < -0.3 is 15.3 Å². The lowest BCUT2D eigenvalue weighted by Crippen LogP contribution is -2.50. The van der Waals surface area contributed by atoms with Crippen molar-refractivity contribution < 1.29 is 9.90 Å². The van der Waals surface area contributed by atoms with Gasteiger partial charge in [0.1, 0.15) is 5.54 Å². The lowest BCUT2D eigenvalue weighted by Gasteiger charge is -2.39. The quantitative estimate of drug-likeness (QED) is 0.759. The second kappa shape index (κ2) is 7.59. The highest BCUT2D eigenvalue weighted by Crippen LogP contribution is 2.34. The minimum absolute atomic E-state index is 0.416. The monoisotopic (exact) mass is 298 g/mol. The molecule has 1 unspecified atom stereocenters. The van der Waals surface area contributed by atoms with Crippen molar-refractivity contribution >= 4 is 5.97 Å². The van der Waals surface area contributed by atoms with E-state index >= 15 is 0 Å².